The van der Waals surface area contributed by atoms with Crippen LogP contribution in [0.3, 0.4) is 0 Å². The molecule has 0 aromatic heterocycles. The van der Waals surface area contributed by atoms with E-state index in [2.05, 4.69) is 12.2 Å². The van der Waals surface area contributed by atoms with Crippen molar-refractivity contribution in [2.45, 2.75) is 51.9 Å². The second-order valence-corrected chi connectivity index (χ2v) is 5.71. The summed E-state index contributed by atoms with van der Waals surface area (Å²) >= 11 is 0. The molecule has 0 aliphatic heterocycles. The minimum absolute atomic E-state index is 0.0846. The zero-order chi connectivity index (χ0) is 13.4. The summed E-state index contributed by atoms with van der Waals surface area (Å²) in [5.74, 6) is 0.526. The highest BCUT2D eigenvalue weighted by Gasteiger charge is 2.37. The molecular formula is C14H28N2O2. The monoisotopic (exact) mass is 256 g/mol. The van der Waals surface area contributed by atoms with Gasteiger partial charge in [0.2, 0.25) is 5.91 Å². The smallest absolute Gasteiger partial charge is 0.220 e. The zero-order valence-corrected chi connectivity index (χ0v) is 11.6. The van der Waals surface area contributed by atoms with Crippen LogP contribution in [-0.2, 0) is 4.79 Å². The van der Waals surface area contributed by atoms with Crippen molar-refractivity contribution in [2.75, 3.05) is 19.7 Å². The van der Waals surface area contributed by atoms with Crippen LogP contribution in [0.2, 0.25) is 0 Å². The summed E-state index contributed by atoms with van der Waals surface area (Å²) in [7, 11) is 0. The Balaban J connectivity index is 2.26. The molecule has 1 rings (SSSR count). The number of aliphatic hydroxyl groups is 1. The lowest BCUT2D eigenvalue weighted by molar-refractivity contribution is -0.124. The van der Waals surface area contributed by atoms with Crippen LogP contribution in [0.5, 0.6) is 0 Å². The van der Waals surface area contributed by atoms with E-state index in [1.807, 2.05) is 0 Å². The molecule has 0 aromatic rings. The molecule has 4 nitrogen and oxygen atoms in total. The molecule has 1 fully saturated rings. The molecule has 0 aromatic carbocycles. The van der Waals surface area contributed by atoms with Gasteiger partial charge in [-0.1, -0.05) is 19.8 Å². The molecule has 1 saturated carbocycles. The van der Waals surface area contributed by atoms with E-state index in [0.717, 1.165) is 32.1 Å². The van der Waals surface area contributed by atoms with Crippen LogP contribution in [-0.4, -0.2) is 30.7 Å². The first-order chi connectivity index (χ1) is 8.65. The maximum atomic E-state index is 11.9. The summed E-state index contributed by atoms with van der Waals surface area (Å²) in [5.41, 5.74) is 5.84. The fourth-order valence-corrected chi connectivity index (χ4v) is 2.73. The number of carbonyl (C=O) groups excluding carboxylic acids is 1. The molecule has 1 atom stereocenters. The first-order valence-corrected chi connectivity index (χ1v) is 7.23. The molecule has 0 spiro atoms. The highest BCUT2D eigenvalue weighted by molar-refractivity contribution is 5.76. The summed E-state index contributed by atoms with van der Waals surface area (Å²) in [6.45, 7) is 3.64. The van der Waals surface area contributed by atoms with Crippen LogP contribution in [0.4, 0.5) is 0 Å². The zero-order valence-electron chi connectivity index (χ0n) is 11.6. The van der Waals surface area contributed by atoms with E-state index in [4.69, 9.17) is 10.8 Å². The Bertz CT molecular complexity index is 241. The SMILES string of the molecule is CCCC(CCO)CNC(=O)CC1(CN)CCC1. The number of carbonyl (C=O) groups is 1. The average Bonchev–Trinajstić information content (AvgIpc) is 2.31. The van der Waals surface area contributed by atoms with Crippen molar-refractivity contribution < 1.29 is 9.90 Å². The molecular weight excluding hydrogens is 228 g/mol. The van der Waals surface area contributed by atoms with E-state index in [9.17, 15) is 4.79 Å². The predicted molar refractivity (Wildman–Crippen MR) is 73.1 cm³/mol. The molecule has 0 heterocycles. The minimum Gasteiger partial charge on any atom is -0.396 e. The number of nitrogens with one attached hydrogen (secondary N) is 1. The van der Waals surface area contributed by atoms with Gasteiger partial charge < -0.3 is 16.2 Å². The third-order valence-corrected chi connectivity index (χ3v) is 4.20. The van der Waals surface area contributed by atoms with E-state index < -0.39 is 0 Å². The number of nitrogens with two attached hydrogens (primary N) is 1. The molecule has 0 saturated heterocycles. The molecule has 1 amide bonds. The molecule has 4 heteroatoms. The minimum atomic E-state index is 0.0846. The van der Waals surface area contributed by atoms with Crippen molar-refractivity contribution in [3.05, 3.63) is 0 Å². The van der Waals surface area contributed by atoms with Crippen molar-refractivity contribution in [1.29, 1.82) is 0 Å². The fraction of sp³-hybridized carbons (Fsp3) is 0.929. The van der Waals surface area contributed by atoms with E-state index in [0.29, 0.717) is 25.4 Å². The lowest BCUT2D eigenvalue weighted by Gasteiger charge is -2.40. The van der Waals surface area contributed by atoms with Crippen molar-refractivity contribution in [3.63, 3.8) is 0 Å². The first kappa shape index (κ1) is 15.4. The fourth-order valence-electron chi connectivity index (χ4n) is 2.73. The molecule has 0 radical (unpaired) electrons. The summed E-state index contributed by atoms with van der Waals surface area (Å²) in [6, 6.07) is 0. The highest BCUT2D eigenvalue weighted by atomic mass is 16.3. The first-order valence-electron chi connectivity index (χ1n) is 7.23. The van der Waals surface area contributed by atoms with E-state index in [1.165, 1.54) is 6.42 Å². The Hall–Kier alpha value is -0.610. The number of hydrogen-bond acceptors (Lipinski definition) is 3. The standard InChI is InChI=1S/C14H28N2O2/c1-2-4-12(5-8-17)10-16-13(18)9-14(11-15)6-3-7-14/h12,17H,2-11,15H2,1H3,(H,16,18). The Morgan fingerprint density at radius 1 is 1.44 bits per heavy atom. The maximum absolute atomic E-state index is 11.9. The topological polar surface area (TPSA) is 75.3 Å². The van der Waals surface area contributed by atoms with Gasteiger partial charge in [0.05, 0.1) is 0 Å². The average molecular weight is 256 g/mol. The van der Waals surface area contributed by atoms with Gasteiger partial charge in [-0.25, -0.2) is 0 Å². The summed E-state index contributed by atoms with van der Waals surface area (Å²) in [6.07, 6.45) is 6.87. The van der Waals surface area contributed by atoms with Crippen LogP contribution >= 0.6 is 0 Å². The van der Waals surface area contributed by atoms with Gasteiger partial charge in [0, 0.05) is 19.6 Å². The highest BCUT2D eigenvalue weighted by Crippen LogP contribution is 2.42. The van der Waals surface area contributed by atoms with Crippen LogP contribution in [0.25, 0.3) is 0 Å². The number of rotatable bonds is 9. The third-order valence-electron chi connectivity index (χ3n) is 4.20. The van der Waals surface area contributed by atoms with E-state index >= 15 is 0 Å². The second-order valence-electron chi connectivity index (χ2n) is 5.71. The molecule has 0 bridgehead atoms. The van der Waals surface area contributed by atoms with Gasteiger partial charge in [0.25, 0.3) is 0 Å². The number of amides is 1. The molecule has 1 aliphatic rings. The Kier molecular flexibility index (Phi) is 6.65. The van der Waals surface area contributed by atoms with Crippen LogP contribution in [0.1, 0.15) is 51.9 Å². The predicted octanol–water partition coefficient (Wildman–Crippen LogP) is 1.42. The van der Waals surface area contributed by atoms with Gasteiger partial charge in [0.1, 0.15) is 0 Å². The molecule has 1 aliphatic carbocycles. The Morgan fingerprint density at radius 2 is 2.17 bits per heavy atom. The van der Waals surface area contributed by atoms with Gasteiger partial charge >= 0.3 is 0 Å². The van der Waals surface area contributed by atoms with Crippen molar-refractivity contribution >= 4 is 5.91 Å². The van der Waals surface area contributed by atoms with Gasteiger partial charge in [-0.2, -0.15) is 0 Å². The van der Waals surface area contributed by atoms with E-state index in [1.54, 1.807) is 0 Å². The molecule has 18 heavy (non-hydrogen) atoms. The van der Waals surface area contributed by atoms with Gasteiger partial charge in [0.15, 0.2) is 0 Å². The van der Waals surface area contributed by atoms with Crippen LogP contribution in [0.15, 0.2) is 0 Å². The lowest BCUT2D eigenvalue weighted by atomic mass is 9.66. The molecule has 4 N–H and O–H groups in total. The normalized spacial score (nSPS) is 19.1. The van der Waals surface area contributed by atoms with Crippen molar-refractivity contribution in [2.24, 2.45) is 17.1 Å². The number of hydrogen-bond donors (Lipinski definition) is 3. The largest absolute Gasteiger partial charge is 0.396 e. The Morgan fingerprint density at radius 3 is 2.61 bits per heavy atom. The quantitative estimate of drug-likeness (QED) is 0.584. The summed E-state index contributed by atoms with van der Waals surface area (Å²) in [4.78, 5) is 11.9. The number of aliphatic hydroxyl groups excluding tert-OH is 1. The van der Waals surface area contributed by atoms with Crippen LogP contribution < -0.4 is 11.1 Å². The van der Waals surface area contributed by atoms with Crippen molar-refractivity contribution in [3.8, 4) is 0 Å². The lowest BCUT2D eigenvalue weighted by Crippen LogP contribution is -2.42. The third kappa shape index (κ3) is 4.58. The van der Waals surface area contributed by atoms with E-state index in [-0.39, 0.29) is 17.9 Å². The maximum Gasteiger partial charge on any atom is 0.220 e. The summed E-state index contributed by atoms with van der Waals surface area (Å²) in [5, 5.41) is 12.0. The summed E-state index contributed by atoms with van der Waals surface area (Å²) < 4.78 is 0. The second kappa shape index (κ2) is 7.74. The van der Waals surface area contributed by atoms with Gasteiger partial charge in [-0.3, -0.25) is 4.79 Å². The van der Waals surface area contributed by atoms with Crippen LogP contribution in [0, 0.1) is 11.3 Å². The van der Waals surface area contributed by atoms with Gasteiger partial charge in [-0.05, 0) is 43.6 Å². The molecule has 106 valence electrons. The van der Waals surface area contributed by atoms with Crippen molar-refractivity contribution in [1.82, 2.24) is 5.32 Å². The van der Waals surface area contributed by atoms with Gasteiger partial charge in [-0.15, -0.1) is 0 Å². The molecule has 1 unspecified atom stereocenters. The Labute approximate surface area is 110 Å².